The van der Waals surface area contributed by atoms with Gasteiger partial charge in [0.25, 0.3) is 0 Å². The van der Waals surface area contributed by atoms with Crippen LogP contribution in [0.25, 0.3) is 0 Å². The molecule has 1 aliphatic heterocycles. The monoisotopic (exact) mass is 345 g/mol. The molecule has 1 rings (SSSR count). The maximum absolute atomic E-state index is 11.0. The highest BCUT2D eigenvalue weighted by Gasteiger charge is 2.17. The molecular formula is C14H25N4O6. The molecule has 0 saturated carbocycles. The van der Waals surface area contributed by atoms with Crippen LogP contribution < -0.4 is 5.32 Å². The number of aliphatic carboxylic acids is 3. The van der Waals surface area contributed by atoms with Gasteiger partial charge in [0.05, 0.1) is 19.6 Å². The van der Waals surface area contributed by atoms with Gasteiger partial charge in [-0.1, -0.05) is 0 Å². The van der Waals surface area contributed by atoms with Crippen LogP contribution in [0, 0.1) is 0 Å². The van der Waals surface area contributed by atoms with E-state index in [4.69, 9.17) is 15.3 Å². The lowest BCUT2D eigenvalue weighted by molar-refractivity contribution is -0.140. The first kappa shape index (κ1) is 20.3. The number of hydrogen-bond donors (Lipinski definition) is 3. The molecular weight excluding hydrogens is 320 g/mol. The Kier molecular flexibility index (Phi) is 9.23. The lowest BCUT2D eigenvalue weighted by Crippen LogP contribution is -2.46. The molecule has 0 spiro atoms. The Morgan fingerprint density at radius 3 is 1.21 bits per heavy atom. The van der Waals surface area contributed by atoms with E-state index >= 15 is 0 Å². The molecule has 0 aromatic rings. The second-order valence-corrected chi connectivity index (χ2v) is 5.68. The van der Waals surface area contributed by atoms with Gasteiger partial charge in [0, 0.05) is 52.4 Å². The number of carbonyl (C=O) groups is 3. The molecule has 0 amide bonds. The van der Waals surface area contributed by atoms with Crippen LogP contribution in [0.5, 0.6) is 0 Å². The van der Waals surface area contributed by atoms with Gasteiger partial charge < -0.3 is 15.3 Å². The van der Waals surface area contributed by atoms with Gasteiger partial charge in [0.1, 0.15) is 0 Å². The first-order valence-corrected chi connectivity index (χ1v) is 7.82. The molecule has 0 aromatic heterocycles. The van der Waals surface area contributed by atoms with Crippen LogP contribution >= 0.6 is 0 Å². The van der Waals surface area contributed by atoms with Crippen molar-refractivity contribution in [3.8, 4) is 0 Å². The molecule has 137 valence electrons. The van der Waals surface area contributed by atoms with Crippen molar-refractivity contribution in [2.45, 2.75) is 0 Å². The Bertz CT molecular complexity index is 403. The fraction of sp³-hybridized carbons (Fsp3) is 0.786. The van der Waals surface area contributed by atoms with Crippen molar-refractivity contribution in [2.75, 3.05) is 72.0 Å². The summed E-state index contributed by atoms with van der Waals surface area (Å²) in [4.78, 5) is 38.0. The van der Waals surface area contributed by atoms with Gasteiger partial charge in [-0.3, -0.25) is 29.1 Å². The molecule has 1 saturated heterocycles. The van der Waals surface area contributed by atoms with E-state index in [9.17, 15) is 14.4 Å². The number of hydrogen-bond acceptors (Lipinski definition) is 6. The normalized spacial score (nSPS) is 20.0. The summed E-state index contributed by atoms with van der Waals surface area (Å²) in [6.07, 6.45) is 0. The topological polar surface area (TPSA) is 136 Å². The summed E-state index contributed by atoms with van der Waals surface area (Å²) >= 11 is 0. The molecule has 1 heterocycles. The molecule has 3 N–H and O–H groups in total. The summed E-state index contributed by atoms with van der Waals surface area (Å²) in [7, 11) is 0. The molecule has 0 aliphatic carbocycles. The second-order valence-electron chi connectivity index (χ2n) is 5.68. The minimum Gasteiger partial charge on any atom is -0.480 e. The van der Waals surface area contributed by atoms with Crippen molar-refractivity contribution < 1.29 is 29.7 Å². The summed E-state index contributed by atoms with van der Waals surface area (Å²) in [6, 6.07) is 0. The van der Waals surface area contributed by atoms with E-state index in [-0.39, 0.29) is 19.6 Å². The minimum atomic E-state index is -0.966. The molecule has 10 heteroatoms. The van der Waals surface area contributed by atoms with Gasteiger partial charge >= 0.3 is 17.9 Å². The average molecular weight is 345 g/mol. The van der Waals surface area contributed by atoms with Crippen LogP contribution in [0.1, 0.15) is 0 Å². The van der Waals surface area contributed by atoms with Crippen molar-refractivity contribution in [2.24, 2.45) is 0 Å². The smallest absolute Gasteiger partial charge is 0.317 e. The fourth-order valence-electron chi connectivity index (χ4n) is 2.49. The maximum Gasteiger partial charge on any atom is 0.317 e. The lowest BCUT2D eigenvalue weighted by atomic mass is 10.3. The van der Waals surface area contributed by atoms with Crippen LogP contribution in [0.15, 0.2) is 0 Å². The van der Waals surface area contributed by atoms with Crippen LogP contribution in [-0.2, 0) is 14.4 Å². The third-order valence-electron chi connectivity index (χ3n) is 3.69. The number of nitrogens with zero attached hydrogens (tertiary/aromatic N) is 4. The Hall–Kier alpha value is -1.75. The molecule has 1 fully saturated rings. The summed E-state index contributed by atoms with van der Waals surface area (Å²) in [6.45, 7) is 3.16. The molecule has 10 nitrogen and oxygen atoms in total. The standard InChI is InChI=1S/C14H25N4O6/c19-12(20)9-16-3-1-15-2-4-17(10-13(21)22)6-8-18(7-5-16)11-14(23)24/h1-11H2,(H,19,20)(H,21,22)(H,23,24). The molecule has 0 atom stereocenters. The van der Waals surface area contributed by atoms with E-state index in [2.05, 4.69) is 5.32 Å². The van der Waals surface area contributed by atoms with Gasteiger partial charge in [-0.25, -0.2) is 5.32 Å². The van der Waals surface area contributed by atoms with Crippen molar-refractivity contribution >= 4 is 17.9 Å². The van der Waals surface area contributed by atoms with Gasteiger partial charge in [-0.2, -0.15) is 0 Å². The van der Waals surface area contributed by atoms with E-state index in [0.717, 1.165) is 0 Å². The van der Waals surface area contributed by atoms with Crippen molar-refractivity contribution in [3.05, 3.63) is 0 Å². The molecule has 0 aromatic carbocycles. The van der Waals surface area contributed by atoms with Gasteiger partial charge in [0.15, 0.2) is 0 Å². The van der Waals surface area contributed by atoms with Crippen LogP contribution in [0.2, 0.25) is 0 Å². The van der Waals surface area contributed by atoms with Crippen LogP contribution in [-0.4, -0.2) is 120 Å². The first-order valence-electron chi connectivity index (χ1n) is 7.82. The van der Waals surface area contributed by atoms with Gasteiger partial charge in [0.2, 0.25) is 0 Å². The quantitative estimate of drug-likeness (QED) is 0.488. The summed E-state index contributed by atoms with van der Waals surface area (Å²) in [5.74, 6) is -2.83. The van der Waals surface area contributed by atoms with Gasteiger partial charge in [-0.15, -0.1) is 0 Å². The molecule has 0 bridgehead atoms. The summed E-state index contributed by atoms with van der Waals surface area (Å²) in [5, 5.41) is 31.2. The third-order valence-corrected chi connectivity index (χ3v) is 3.69. The largest absolute Gasteiger partial charge is 0.480 e. The first-order chi connectivity index (χ1) is 11.4. The van der Waals surface area contributed by atoms with Crippen LogP contribution in [0.3, 0.4) is 0 Å². The van der Waals surface area contributed by atoms with E-state index in [1.165, 1.54) is 0 Å². The highest BCUT2D eigenvalue weighted by atomic mass is 16.4. The van der Waals surface area contributed by atoms with Gasteiger partial charge in [-0.05, 0) is 0 Å². The van der Waals surface area contributed by atoms with E-state index in [1.54, 1.807) is 14.7 Å². The Morgan fingerprint density at radius 1 is 0.625 bits per heavy atom. The van der Waals surface area contributed by atoms with E-state index < -0.39 is 17.9 Å². The van der Waals surface area contributed by atoms with E-state index in [1.807, 2.05) is 0 Å². The number of carboxylic acids is 3. The SMILES string of the molecule is O=C(O)CN1CC[N]CCN(CC(=O)O)CCN(CC(=O)O)CC1. The zero-order chi connectivity index (χ0) is 17.9. The minimum absolute atomic E-state index is 0.110. The third kappa shape index (κ3) is 9.40. The Morgan fingerprint density at radius 2 is 0.917 bits per heavy atom. The zero-order valence-electron chi connectivity index (χ0n) is 13.6. The second kappa shape index (κ2) is 10.9. The van der Waals surface area contributed by atoms with E-state index in [0.29, 0.717) is 52.4 Å². The van der Waals surface area contributed by atoms with Crippen molar-refractivity contribution in [1.82, 2.24) is 20.0 Å². The highest BCUT2D eigenvalue weighted by Crippen LogP contribution is 1.98. The molecule has 24 heavy (non-hydrogen) atoms. The molecule has 1 aliphatic rings. The summed E-state index contributed by atoms with van der Waals surface area (Å²) < 4.78 is 0. The average Bonchev–Trinajstić information content (AvgIpc) is 2.45. The zero-order valence-corrected chi connectivity index (χ0v) is 13.6. The lowest BCUT2D eigenvalue weighted by Gasteiger charge is -2.29. The van der Waals surface area contributed by atoms with Crippen LogP contribution in [0.4, 0.5) is 0 Å². The van der Waals surface area contributed by atoms with Crippen molar-refractivity contribution in [1.29, 1.82) is 0 Å². The maximum atomic E-state index is 11.0. The predicted molar refractivity (Wildman–Crippen MR) is 84.1 cm³/mol. The Labute approximate surface area is 140 Å². The highest BCUT2D eigenvalue weighted by molar-refractivity contribution is 5.69. The number of rotatable bonds is 6. The number of carboxylic acid groups (broad SMARTS) is 3. The predicted octanol–water partition coefficient (Wildman–Crippen LogP) is -2.24. The molecule has 0 unspecified atom stereocenters. The van der Waals surface area contributed by atoms with Crippen molar-refractivity contribution in [3.63, 3.8) is 0 Å². The Balaban J connectivity index is 2.68. The fourth-order valence-corrected chi connectivity index (χ4v) is 2.49. The molecule has 1 radical (unpaired) electrons. The summed E-state index contributed by atoms with van der Waals surface area (Å²) in [5.41, 5.74) is 0.